The van der Waals surface area contributed by atoms with Gasteiger partial charge in [-0.05, 0) is 64.3 Å². The highest BCUT2D eigenvalue weighted by molar-refractivity contribution is 5.68. The predicted molar refractivity (Wildman–Crippen MR) is 109 cm³/mol. The lowest BCUT2D eigenvalue weighted by Crippen LogP contribution is -2.38. The smallest absolute Gasteiger partial charge is 0.421 e. The molecule has 10 heteroatoms. The number of nitrogens with one attached hydrogen (secondary N) is 2. The van der Waals surface area contributed by atoms with Gasteiger partial charge in [0, 0.05) is 18.3 Å². The number of pyridine rings is 2. The van der Waals surface area contributed by atoms with Crippen LogP contribution >= 0.6 is 0 Å². The second-order valence-electron chi connectivity index (χ2n) is 8.49. The summed E-state index contributed by atoms with van der Waals surface area (Å²) < 4.78 is 45.0. The number of rotatable bonds is 4. The lowest BCUT2D eigenvalue weighted by atomic mass is 10.2. The Hall–Kier alpha value is -3.04. The van der Waals surface area contributed by atoms with E-state index in [1.807, 2.05) is 0 Å². The number of carbonyl (C=O) groups is 1. The molecule has 0 spiro atoms. The molecule has 0 aliphatic heterocycles. The van der Waals surface area contributed by atoms with E-state index in [4.69, 9.17) is 4.74 Å². The highest BCUT2D eigenvalue weighted by atomic mass is 19.4. The van der Waals surface area contributed by atoms with Crippen molar-refractivity contribution in [2.75, 3.05) is 5.32 Å². The maximum atomic E-state index is 13.0. The van der Waals surface area contributed by atoms with Crippen LogP contribution < -0.4 is 16.2 Å². The van der Waals surface area contributed by atoms with Gasteiger partial charge in [0.15, 0.2) is 0 Å². The number of nitrogens with zero attached hydrogens (tertiary/aromatic N) is 2. The first kappa shape index (κ1) is 22.6. The van der Waals surface area contributed by atoms with Crippen LogP contribution in [-0.2, 0) is 10.9 Å². The van der Waals surface area contributed by atoms with Gasteiger partial charge in [-0.1, -0.05) is 0 Å². The van der Waals surface area contributed by atoms with E-state index in [-0.39, 0.29) is 17.8 Å². The van der Waals surface area contributed by atoms with Crippen molar-refractivity contribution in [2.45, 2.75) is 63.9 Å². The van der Waals surface area contributed by atoms with Crippen molar-refractivity contribution in [3.05, 3.63) is 52.6 Å². The monoisotopic (exact) mass is 438 g/mol. The number of alkyl carbamates (subject to hydrolysis) is 1. The SMILES string of the molecule is CC(C)(C)OC(=O)N[C@H]1CC[C@H](Nc2ccc(-n3cccc(C(F)(F)F)c3=O)cn2)C1. The highest BCUT2D eigenvalue weighted by Crippen LogP contribution is 2.27. The van der Waals surface area contributed by atoms with Crippen molar-refractivity contribution in [3.63, 3.8) is 0 Å². The highest BCUT2D eigenvalue weighted by Gasteiger charge is 2.34. The van der Waals surface area contributed by atoms with Crippen LogP contribution in [0.5, 0.6) is 0 Å². The van der Waals surface area contributed by atoms with Crippen molar-refractivity contribution < 1.29 is 22.7 Å². The van der Waals surface area contributed by atoms with E-state index >= 15 is 0 Å². The molecule has 2 aromatic rings. The van der Waals surface area contributed by atoms with Gasteiger partial charge in [-0.15, -0.1) is 0 Å². The number of amides is 1. The third-order valence-electron chi connectivity index (χ3n) is 4.78. The first-order chi connectivity index (χ1) is 14.4. The molecular formula is C21H25F3N4O3. The van der Waals surface area contributed by atoms with Gasteiger partial charge in [0.05, 0.1) is 11.9 Å². The normalized spacial score (nSPS) is 19.2. The Labute approximate surface area is 177 Å². The fraction of sp³-hybridized carbons (Fsp3) is 0.476. The molecule has 168 valence electrons. The number of anilines is 1. The van der Waals surface area contributed by atoms with Crippen LogP contribution in [0.4, 0.5) is 23.8 Å². The van der Waals surface area contributed by atoms with Gasteiger partial charge in [-0.2, -0.15) is 13.2 Å². The zero-order valence-corrected chi connectivity index (χ0v) is 17.5. The molecule has 1 fully saturated rings. The van der Waals surface area contributed by atoms with Crippen LogP contribution in [-0.4, -0.2) is 33.3 Å². The molecule has 0 saturated heterocycles. The summed E-state index contributed by atoms with van der Waals surface area (Å²) in [5.74, 6) is 0.534. The lowest BCUT2D eigenvalue weighted by molar-refractivity contribution is -0.138. The number of hydrogen-bond donors (Lipinski definition) is 2. The second-order valence-corrected chi connectivity index (χ2v) is 8.49. The van der Waals surface area contributed by atoms with Crippen LogP contribution in [0.1, 0.15) is 45.6 Å². The van der Waals surface area contributed by atoms with Crippen molar-refractivity contribution >= 4 is 11.9 Å². The Bertz CT molecular complexity index is 981. The van der Waals surface area contributed by atoms with Gasteiger partial charge in [-0.3, -0.25) is 9.36 Å². The van der Waals surface area contributed by atoms with E-state index in [0.717, 1.165) is 23.5 Å². The average Bonchev–Trinajstić information content (AvgIpc) is 3.06. The van der Waals surface area contributed by atoms with Crippen molar-refractivity contribution in [2.24, 2.45) is 0 Å². The zero-order chi connectivity index (χ0) is 22.8. The van der Waals surface area contributed by atoms with Crippen LogP contribution in [0.3, 0.4) is 0 Å². The molecule has 2 atom stereocenters. The predicted octanol–water partition coefficient (Wildman–Crippen LogP) is 4.11. The van der Waals surface area contributed by atoms with E-state index in [1.54, 1.807) is 26.8 Å². The van der Waals surface area contributed by atoms with Gasteiger partial charge in [0.1, 0.15) is 17.0 Å². The molecule has 3 rings (SSSR count). The molecule has 0 unspecified atom stereocenters. The topological polar surface area (TPSA) is 85.2 Å². The van der Waals surface area contributed by atoms with Gasteiger partial charge in [0.2, 0.25) is 0 Å². The summed E-state index contributed by atoms with van der Waals surface area (Å²) in [5, 5.41) is 6.10. The standard InChI is InChI=1S/C21H25F3N4O3/c1-20(2,3)31-19(30)27-14-7-6-13(11-14)26-17-9-8-15(12-25-17)28-10-4-5-16(18(28)29)21(22,23)24/h4-5,8-10,12-14H,6-7,11H2,1-3H3,(H,25,26)(H,27,30)/t13-,14-/m0/s1. The fourth-order valence-corrected chi connectivity index (χ4v) is 3.45. The Balaban J connectivity index is 1.61. The molecular weight excluding hydrogens is 413 g/mol. The second kappa shape index (κ2) is 8.60. The molecule has 0 aromatic carbocycles. The summed E-state index contributed by atoms with van der Waals surface area (Å²) in [4.78, 5) is 28.3. The average molecular weight is 438 g/mol. The van der Waals surface area contributed by atoms with E-state index in [9.17, 15) is 22.8 Å². The zero-order valence-electron chi connectivity index (χ0n) is 17.5. The number of alkyl halides is 3. The van der Waals surface area contributed by atoms with Crippen molar-refractivity contribution in [1.82, 2.24) is 14.9 Å². The summed E-state index contributed by atoms with van der Waals surface area (Å²) in [6, 6.07) is 5.13. The van der Waals surface area contributed by atoms with E-state index in [1.165, 1.54) is 24.5 Å². The molecule has 0 radical (unpaired) electrons. The molecule has 1 saturated carbocycles. The van der Waals surface area contributed by atoms with Gasteiger partial charge < -0.3 is 15.4 Å². The van der Waals surface area contributed by atoms with Gasteiger partial charge in [0.25, 0.3) is 5.56 Å². The Morgan fingerprint density at radius 3 is 2.48 bits per heavy atom. The fourth-order valence-electron chi connectivity index (χ4n) is 3.45. The molecule has 1 amide bonds. The van der Waals surface area contributed by atoms with Gasteiger partial charge in [-0.25, -0.2) is 9.78 Å². The minimum atomic E-state index is -4.72. The number of ether oxygens (including phenoxy) is 1. The van der Waals surface area contributed by atoms with E-state index < -0.39 is 29.0 Å². The summed E-state index contributed by atoms with van der Waals surface area (Å²) in [6.07, 6.45) is -0.268. The lowest BCUT2D eigenvalue weighted by Gasteiger charge is -2.22. The summed E-state index contributed by atoms with van der Waals surface area (Å²) >= 11 is 0. The number of hydrogen-bond acceptors (Lipinski definition) is 5. The minimum Gasteiger partial charge on any atom is -0.444 e. The molecule has 2 heterocycles. The molecule has 31 heavy (non-hydrogen) atoms. The third-order valence-corrected chi connectivity index (χ3v) is 4.78. The summed E-state index contributed by atoms with van der Waals surface area (Å²) in [7, 11) is 0. The van der Waals surface area contributed by atoms with Crippen LogP contribution in [0.25, 0.3) is 5.69 Å². The molecule has 1 aliphatic carbocycles. The largest absolute Gasteiger partial charge is 0.444 e. The van der Waals surface area contributed by atoms with E-state index in [0.29, 0.717) is 12.2 Å². The number of halogens is 3. The quantitative estimate of drug-likeness (QED) is 0.751. The van der Waals surface area contributed by atoms with Crippen LogP contribution in [0.15, 0.2) is 41.5 Å². The number of aromatic nitrogens is 2. The van der Waals surface area contributed by atoms with Crippen molar-refractivity contribution in [1.29, 1.82) is 0 Å². The molecule has 2 aromatic heterocycles. The van der Waals surface area contributed by atoms with Crippen LogP contribution in [0, 0.1) is 0 Å². The summed E-state index contributed by atoms with van der Waals surface area (Å²) in [5.41, 5.74) is -2.71. The van der Waals surface area contributed by atoms with Gasteiger partial charge >= 0.3 is 12.3 Å². The Morgan fingerprint density at radius 2 is 1.87 bits per heavy atom. The first-order valence-corrected chi connectivity index (χ1v) is 9.94. The Kier molecular flexibility index (Phi) is 6.28. The third kappa shape index (κ3) is 5.99. The Morgan fingerprint density at radius 1 is 1.16 bits per heavy atom. The molecule has 1 aliphatic rings. The molecule has 2 N–H and O–H groups in total. The first-order valence-electron chi connectivity index (χ1n) is 9.94. The molecule has 7 nitrogen and oxygen atoms in total. The number of carbonyl (C=O) groups excluding carboxylic acids is 1. The maximum Gasteiger partial charge on any atom is 0.421 e. The van der Waals surface area contributed by atoms with Crippen LogP contribution in [0.2, 0.25) is 0 Å². The molecule has 0 bridgehead atoms. The minimum absolute atomic E-state index is 0.0182. The summed E-state index contributed by atoms with van der Waals surface area (Å²) in [6.45, 7) is 5.40. The van der Waals surface area contributed by atoms with E-state index in [2.05, 4.69) is 15.6 Å². The maximum absolute atomic E-state index is 13.0. The van der Waals surface area contributed by atoms with Crippen molar-refractivity contribution in [3.8, 4) is 5.69 Å².